The summed E-state index contributed by atoms with van der Waals surface area (Å²) in [4.78, 5) is 0. The molecule has 0 amide bonds. The van der Waals surface area contributed by atoms with E-state index in [1.54, 1.807) is 0 Å². The number of rotatable bonds is 6. The van der Waals surface area contributed by atoms with Crippen LogP contribution in [0.2, 0.25) is 0 Å². The van der Waals surface area contributed by atoms with Crippen LogP contribution in [0.3, 0.4) is 0 Å². The van der Waals surface area contributed by atoms with Crippen LogP contribution in [0.4, 0.5) is 0 Å². The number of nitrogens with two attached hydrogens (primary N) is 1. The second-order valence-electron chi connectivity index (χ2n) is 3.00. The monoisotopic (exact) mass is 227 g/mol. The minimum Gasteiger partial charge on any atom is -0.330 e. The zero-order valence-corrected chi connectivity index (χ0v) is 9.46. The fourth-order valence-electron chi connectivity index (χ4n) is 0.925. The standard InChI is InChI=1S/C8H19N.H2O4S/c1-2-3-4-5-6-7-8-9;1-5(2,3)4/h2-9H2,1H3;(H2,1,2,3,4). The average molecular weight is 227 g/mol. The van der Waals surface area contributed by atoms with E-state index in [4.69, 9.17) is 23.3 Å². The molecule has 0 unspecified atom stereocenters. The highest BCUT2D eigenvalue weighted by molar-refractivity contribution is 7.79. The lowest BCUT2D eigenvalue weighted by Gasteiger charge is -1.96. The van der Waals surface area contributed by atoms with Gasteiger partial charge in [0.05, 0.1) is 0 Å². The van der Waals surface area contributed by atoms with Crippen LogP contribution in [0.15, 0.2) is 0 Å². The van der Waals surface area contributed by atoms with Gasteiger partial charge in [-0.25, -0.2) is 0 Å². The fourth-order valence-corrected chi connectivity index (χ4v) is 0.925. The Hall–Kier alpha value is -0.170. The molecule has 0 aromatic carbocycles. The summed E-state index contributed by atoms with van der Waals surface area (Å²) in [6.07, 6.45) is 8.05. The SMILES string of the molecule is CCCCCCCCN.O=S(=O)(O)O. The number of hydrogen-bond acceptors (Lipinski definition) is 3. The molecular weight excluding hydrogens is 206 g/mol. The summed E-state index contributed by atoms with van der Waals surface area (Å²) in [5.74, 6) is 0. The van der Waals surface area contributed by atoms with Gasteiger partial charge in [0.1, 0.15) is 0 Å². The minimum absolute atomic E-state index is 0.867. The number of hydrogen-bond donors (Lipinski definition) is 3. The molecule has 0 fully saturated rings. The molecule has 0 aliphatic carbocycles. The molecule has 0 saturated heterocycles. The second kappa shape index (κ2) is 10.9. The summed E-state index contributed by atoms with van der Waals surface area (Å²) >= 11 is 0. The molecular formula is C8H21NO4S. The van der Waals surface area contributed by atoms with Crippen molar-refractivity contribution >= 4 is 10.4 Å². The van der Waals surface area contributed by atoms with E-state index >= 15 is 0 Å². The van der Waals surface area contributed by atoms with Crippen molar-refractivity contribution in [2.24, 2.45) is 5.73 Å². The Kier molecular flexibility index (Phi) is 12.7. The second-order valence-corrected chi connectivity index (χ2v) is 3.90. The van der Waals surface area contributed by atoms with Crippen molar-refractivity contribution in [1.82, 2.24) is 0 Å². The van der Waals surface area contributed by atoms with Gasteiger partial charge in [0.25, 0.3) is 0 Å². The minimum atomic E-state index is -4.67. The van der Waals surface area contributed by atoms with Gasteiger partial charge in [-0.2, -0.15) is 8.42 Å². The largest absolute Gasteiger partial charge is 0.394 e. The Morgan fingerprint density at radius 1 is 1.00 bits per heavy atom. The predicted octanol–water partition coefficient (Wildman–Crippen LogP) is 1.65. The van der Waals surface area contributed by atoms with E-state index in [0.717, 1.165) is 6.54 Å². The Labute approximate surface area is 86.3 Å². The van der Waals surface area contributed by atoms with Crippen LogP contribution in [-0.4, -0.2) is 24.1 Å². The van der Waals surface area contributed by atoms with Gasteiger partial charge in [0.2, 0.25) is 0 Å². The van der Waals surface area contributed by atoms with Gasteiger partial charge < -0.3 is 5.73 Å². The molecule has 14 heavy (non-hydrogen) atoms. The van der Waals surface area contributed by atoms with Crippen LogP contribution < -0.4 is 5.73 Å². The number of unbranched alkanes of at least 4 members (excludes halogenated alkanes) is 5. The summed E-state index contributed by atoms with van der Waals surface area (Å²) in [6.45, 7) is 3.11. The highest BCUT2D eigenvalue weighted by atomic mass is 32.3. The predicted molar refractivity (Wildman–Crippen MR) is 56.6 cm³/mol. The van der Waals surface area contributed by atoms with E-state index in [-0.39, 0.29) is 0 Å². The topological polar surface area (TPSA) is 101 Å². The molecule has 0 radical (unpaired) electrons. The highest BCUT2D eigenvalue weighted by Crippen LogP contribution is 2.03. The highest BCUT2D eigenvalue weighted by Gasteiger charge is 1.86. The molecule has 0 aliphatic rings. The Bertz CT molecular complexity index is 178. The summed E-state index contributed by atoms with van der Waals surface area (Å²) in [5.41, 5.74) is 5.34. The molecule has 0 aromatic rings. The van der Waals surface area contributed by atoms with Crippen molar-refractivity contribution in [2.75, 3.05) is 6.54 Å². The maximum Gasteiger partial charge on any atom is 0.394 e. The van der Waals surface area contributed by atoms with E-state index in [1.807, 2.05) is 0 Å². The van der Waals surface area contributed by atoms with Gasteiger partial charge in [-0.05, 0) is 13.0 Å². The van der Waals surface area contributed by atoms with Crippen molar-refractivity contribution in [3.63, 3.8) is 0 Å². The average Bonchev–Trinajstić information content (AvgIpc) is 2.01. The normalized spacial score (nSPS) is 10.6. The first kappa shape index (κ1) is 16.3. The van der Waals surface area contributed by atoms with Gasteiger partial charge in [0.15, 0.2) is 0 Å². The molecule has 0 saturated carbocycles. The van der Waals surface area contributed by atoms with Crippen molar-refractivity contribution in [2.45, 2.75) is 45.4 Å². The Morgan fingerprint density at radius 2 is 1.36 bits per heavy atom. The van der Waals surface area contributed by atoms with Gasteiger partial charge in [0, 0.05) is 0 Å². The Balaban J connectivity index is 0. The molecule has 0 spiro atoms. The molecule has 0 heterocycles. The third-order valence-corrected chi connectivity index (χ3v) is 1.56. The van der Waals surface area contributed by atoms with Crippen LogP contribution in [-0.2, 0) is 10.4 Å². The molecule has 6 heteroatoms. The van der Waals surface area contributed by atoms with Crippen molar-refractivity contribution < 1.29 is 17.5 Å². The lowest BCUT2D eigenvalue weighted by atomic mass is 10.1. The van der Waals surface area contributed by atoms with Gasteiger partial charge in [-0.3, -0.25) is 9.11 Å². The summed E-state index contributed by atoms with van der Waals surface area (Å²) in [7, 11) is -4.67. The van der Waals surface area contributed by atoms with Crippen LogP contribution in [0.5, 0.6) is 0 Å². The van der Waals surface area contributed by atoms with Gasteiger partial charge >= 0.3 is 10.4 Å². The van der Waals surface area contributed by atoms with E-state index in [2.05, 4.69) is 6.92 Å². The Morgan fingerprint density at radius 3 is 1.71 bits per heavy atom. The van der Waals surface area contributed by atoms with Crippen molar-refractivity contribution in [1.29, 1.82) is 0 Å². The first-order valence-electron chi connectivity index (χ1n) is 4.81. The first-order valence-corrected chi connectivity index (χ1v) is 6.21. The molecule has 0 bridgehead atoms. The maximum absolute atomic E-state index is 8.74. The molecule has 0 rings (SSSR count). The van der Waals surface area contributed by atoms with E-state index in [1.165, 1.54) is 38.5 Å². The van der Waals surface area contributed by atoms with Crippen molar-refractivity contribution in [3.8, 4) is 0 Å². The van der Waals surface area contributed by atoms with Gasteiger partial charge in [-0.1, -0.05) is 39.0 Å². The molecule has 5 nitrogen and oxygen atoms in total. The van der Waals surface area contributed by atoms with E-state index < -0.39 is 10.4 Å². The lowest BCUT2D eigenvalue weighted by molar-refractivity contribution is 0.381. The van der Waals surface area contributed by atoms with Crippen LogP contribution >= 0.6 is 0 Å². The van der Waals surface area contributed by atoms with Gasteiger partial charge in [-0.15, -0.1) is 0 Å². The van der Waals surface area contributed by atoms with E-state index in [9.17, 15) is 0 Å². The molecule has 4 N–H and O–H groups in total. The van der Waals surface area contributed by atoms with Crippen LogP contribution in [0.25, 0.3) is 0 Å². The zero-order chi connectivity index (χ0) is 11.4. The zero-order valence-electron chi connectivity index (χ0n) is 8.65. The summed E-state index contributed by atoms with van der Waals surface area (Å²) in [5, 5.41) is 0. The lowest BCUT2D eigenvalue weighted by Crippen LogP contribution is -1.97. The smallest absolute Gasteiger partial charge is 0.330 e. The van der Waals surface area contributed by atoms with Crippen LogP contribution in [0.1, 0.15) is 45.4 Å². The molecule has 0 aromatic heterocycles. The third-order valence-electron chi connectivity index (χ3n) is 1.56. The third kappa shape index (κ3) is 40.8. The van der Waals surface area contributed by atoms with Crippen LogP contribution in [0, 0.1) is 0 Å². The van der Waals surface area contributed by atoms with E-state index in [0.29, 0.717) is 0 Å². The fraction of sp³-hybridized carbons (Fsp3) is 1.00. The quantitative estimate of drug-likeness (QED) is 0.473. The summed E-state index contributed by atoms with van der Waals surface area (Å²) < 4.78 is 31.6. The molecule has 0 atom stereocenters. The summed E-state index contributed by atoms with van der Waals surface area (Å²) in [6, 6.07) is 0. The molecule has 0 aliphatic heterocycles. The maximum atomic E-state index is 8.74. The van der Waals surface area contributed by atoms with Crippen molar-refractivity contribution in [3.05, 3.63) is 0 Å². The molecule has 88 valence electrons. The first-order chi connectivity index (χ1) is 6.41.